The maximum Gasteiger partial charge on any atom is 0.341 e. The zero-order valence-corrected chi connectivity index (χ0v) is 8.86. The Morgan fingerprint density at radius 1 is 1.53 bits per heavy atom. The second kappa shape index (κ2) is 5.29. The minimum atomic E-state index is -1.01. The van der Waals surface area contributed by atoms with Crippen LogP contribution in [0.5, 0.6) is 5.88 Å². The summed E-state index contributed by atoms with van der Waals surface area (Å²) in [5.74, 6) is -0.0852. The van der Waals surface area contributed by atoms with Gasteiger partial charge in [0, 0.05) is 11.8 Å². The second-order valence-corrected chi connectivity index (χ2v) is 3.18. The molecule has 15 heavy (non-hydrogen) atoms. The van der Waals surface area contributed by atoms with Gasteiger partial charge in [-0.15, -0.1) is 0 Å². The van der Waals surface area contributed by atoms with Gasteiger partial charge in [0.2, 0.25) is 5.88 Å². The van der Waals surface area contributed by atoms with Gasteiger partial charge in [-0.05, 0) is 13.3 Å². The third kappa shape index (κ3) is 3.93. The second-order valence-electron chi connectivity index (χ2n) is 3.18. The van der Waals surface area contributed by atoms with Gasteiger partial charge in [-0.25, -0.2) is 9.78 Å². The normalized spacial score (nSPS) is 10.0. The number of carbonyl (C=O) groups is 1. The van der Waals surface area contributed by atoms with Crippen molar-refractivity contribution in [1.29, 1.82) is 0 Å². The Morgan fingerprint density at radius 3 is 2.87 bits per heavy atom. The number of aromatic nitrogens is 2. The monoisotopic (exact) mass is 210 g/mol. The molecule has 0 saturated carbocycles. The average molecular weight is 210 g/mol. The molecule has 0 aliphatic rings. The molecule has 0 fully saturated rings. The van der Waals surface area contributed by atoms with E-state index in [1.165, 1.54) is 0 Å². The fourth-order valence-corrected chi connectivity index (χ4v) is 1.19. The Morgan fingerprint density at radius 2 is 2.27 bits per heavy atom. The maximum absolute atomic E-state index is 10.3. The number of hydrogen-bond donors (Lipinski definition) is 1. The predicted molar refractivity (Wildman–Crippen MR) is 53.9 cm³/mol. The van der Waals surface area contributed by atoms with Crippen molar-refractivity contribution in [3.8, 4) is 5.88 Å². The standard InChI is InChI=1S/C10H14N2O3/c1-3-4-8-5-9(12-7(2)11-8)15-6-10(13)14/h5H,3-4,6H2,1-2H3,(H,13,14). The number of ether oxygens (including phenoxy) is 1. The summed E-state index contributed by atoms with van der Waals surface area (Å²) >= 11 is 0. The van der Waals surface area contributed by atoms with Gasteiger partial charge in [0.1, 0.15) is 5.82 Å². The van der Waals surface area contributed by atoms with Crippen molar-refractivity contribution in [1.82, 2.24) is 9.97 Å². The van der Waals surface area contributed by atoms with Gasteiger partial charge in [-0.1, -0.05) is 13.3 Å². The van der Waals surface area contributed by atoms with Crippen LogP contribution in [0, 0.1) is 6.92 Å². The van der Waals surface area contributed by atoms with Gasteiger partial charge in [0.05, 0.1) is 0 Å². The lowest BCUT2D eigenvalue weighted by molar-refractivity contribution is -0.139. The molecule has 0 atom stereocenters. The predicted octanol–water partition coefficient (Wildman–Crippen LogP) is 1.20. The van der Waals surface area contributed by atoms with Gasteiger partial charge in [0.15, 0.2) is 6.61 Å². The third-order valence-corrected chi connectivity index (χ3v) is 1.72. The smallest absolute Gasteiger partial charge is 0.341 e. The van der Waals surface area contributed by atoms with E-state index >= 15 is 0 Å². The summed E-state index contributed by atoms with van der Waals surface area (Å²) in [5.41, 5.74) is 0.880. The Bertz CT molecular complexity index is 353. The summed E-state index contributed by atoms with van der Waals surface area (Å²) in [5, 5.41) is 8.45. The first-order valence-electron chi connectivity index (χ1n) is 4.81. The van der Waals surface area contributed by atoms with Crippen molar-refractivity contribution in [3.05, 3.63) is 17.6 Å². The highest BCUT2D eigenvalue weighted by atomic mass is 16.5. The first kappa shape index (κ1) is 11.4. The molecule has 1 aromatic heterocycles. The van der Waals surface area contributed by atoms with Gasteiger partial charge in [-0.2, -0.15) is 4.98 Å². The highest BCUT2D eigenvalue weighted by Gasteiger charge is 2.04. The molecule has 0 saturated heterocycles. The molecule has 0 unspecified atom stereocenters. The van der Waals surface area contributed by atoms with Crippen molar-refractivity contribution in [2.75, 3.05) is 6.61 Å². The lowest BCUT2D eigenvalue weighted by Crippen LogP contribution is -2.11. The van der Waals surface area contributed by atoms with Crippen LogP contribution in [-0.2, 0) is 11.2 Å². The zero-order valence-electron chi connectivity index (χ0n) is 8.86. The molecule has 1 aromatic rings. The molecular formula is C10H14N2O3. The fraction of sp³-hybridized carbons (Fsp3) is 0.500. The molecule has 0 aromatic carbocycles. The molecule has 1 heterocycles. The Hall–Kier alpha value is -1.65. The van der Waals surface area contributed by atoms with Crippen molar-refractivity contribution >= 4 is 5.97 Å². The summed E-state index contributed by atoms with van der Waals surface area (Å²) in [7, 11) is 0. The number of rotatable bonds is 5. The van der Waals surface area contributed by atoms with E-state index in [1.807, 2.05) is 0 Å². The molecular weight excluding hydrogens is 196 g/mol. The first-order chi connectivity index (χ1) is 7.11. The van der Waals surface area contributed by atoms with E-state index in [9.17, 15) is 4.79 Å². The number of carboxylic acids is 1. The average Bonchev–Trinajstić information content (AvgIpc) is 2.14. The third-order valence-electron chi connectivity index (χ3n) is 1.72. The van der Waals surface area contributed by atoms with Gasteiger partial charge >= 0.3 is 5.97 Å². The molecule has 0 amide bonds. The number of hydrogen-bond acceptors (Lipinski definition) is 4. The van der Waals surface area contributed by atoms with Crippen LogP contribution in [0.25, 0.3) is 0 Å². The zero-order chi connectivity index (χ0) is 11.3. The number of aliphatic carboxylic acids is 1. The molecule has 5 heteroatoms. The van der Waals surface area contributed by atoms with Crippen molar-refractivity contribution in [3.63, 3.8) is 0 Å². The molecule has 82 valence electrons. The molecule has 0 aliphatic heterocycles. The highest BCUT2D eigenvalue weighted by molar-refractivity contribution is 5.68. The van der Waals surface area contributed by atoms with Crippen LogP contribution < -0.4 is 4.74 Å². The van der Waals surface area contributed by atoms with Crippen molar-refractivity contribution < 1.29 is 14.6 Å². The van der Waals surface area contributed by atoms with Crippen LogP contribution in [0.2, 0.25) is 0 Å². The quantitative estimate of drug-likeness (QED) is 0.790. The topological polar surface area (TPSA) is 72.3 Å². The van der Waals surface area contributed by atoms with Gasteiger partial charge in [0.25, 0.3) is 0 Å². The minimum Gasteiger partial charge on any atom is -0.479 e. The summed E-state index contributed by atoms with van der Waals surface area (Å²) < 4.78 is 4.98. The van der Waals surface area contributed by atoms with E-state index in [2.05, 4.69) is 16.9 Å². The van der Waals surface area contributed by atoms with E-state index in [0.717, 1.165) is 18.5 Å². The highest BCUT2D eigenvalue weighted by Crippen LogP contribution is 2.10. The Labute approximate surface area is 88.1 Å². The summed E-state index contributed by atoms with van der Waals surface area (Å²) in [6.07, 6.45) is 1.82. The van der Waals surface area contributed by atoms with Gasteiger partial charge < -0.3 is 9.84 Å². The summed E-state index contributed by atoms with van der Waals surface area (Å²) in [6, 6.07) is 1.68. The molecule has 5 nitrogen and oxygen atoms in total. The fourth-order valence-electron chi connectivity index (χ4n) is 1.19. The largest absolute Gasteiger partial charge is 0.479 e. The summed E-state index contributed by atoms with van der Waals surface area (Å²) in [4.78, 5) is 18.5. The lowest BCUT2D eigenvalue weighted by atomic mass is 10.2. The van der Waals surface area contributed by atoms with Gasteiger partial charge in [-0.3, -0.25) is 0 Å². The number of carboxylic acid groups (broad SMARTS) is 1. The number of aryl methyl sites for hydroxylation is 2. The van der Waals surface area contributed by atoms with Crippen molar-refractivity contribution in [2.24, 2.45) is 0 Å². The van der Waals surface area contributed by atoms with Crippen LogP contribution in [0.4, 0.5) is 0 Å². The first-order valence-corrected chi connectivity index (χ1v) is 4.81. The lowest BCUT2D eigenvalue weighted by Gasteiger charge is -2.05. The van der Waals surface area contributed by atoms with Crippen LogP contribution in [0.15, 0.2) is 6.07 Å². The van der Waals surface area contributed by atoms with Crippen LogP contribution in [0.1, 0.15) is 24.9 Å². The molecule has 0 aliphatic carbocycles. The van der Waals surface area contributed by atoms with E-state index in [0.29, 0.717) is 11.7 Å². The van der Waals surface area contributed by atoms with E-state index in [1.54, 1.807) is 13.0 Å². The molecule has 1 rings (SSSR count). The Balaban J connectivity index is 2.74. The molecule has 0 radical (unpaired) electrons. The van der Waals surface area contributed by atoms with Crippen LogP contribution >= 0.6 is 0 Å². The summed E-state index contributed by atoms with van der Waals surface area (Å²) in [6.45, 7) is 3.43. The van der Waals surface area contributed by atoms with Crippen LogP contribution in [0.3, 0.4) is 0 Å². The van der Waals surface area contributed by atoms with Crippen LogP contribution in [-0.4, -0.2) is 27.7 Å². The van der Waals surface area contributed by atoms with E-state index < -0.39 is 5.97 Å². The van der Waals surface area contributed by atoms with E-state index in [4.69, 9.17) is 9.84 Å². The molecule has 1 N–H and O–H groups in total. The van der Waals surface area contributed by atoms with E-state index in [-0.39, 0.29) is 6.61 Å². The SMILES string of the molecule is CCCc1cc(OCC(=O)O)nc(C)n1. The number of nitrogens with zero attached hydrogens (tertiary/aromatic N) is 2. The maximum atomic E-state index is 10.3. The van der Waals surface area contributed by atoms with Crippen molar-refractivity contribution in [2.45, 2.75) is 26.7 Å². The molecule has 0 spiro atoms. The minimum absolute atomic E-state index is 0.327. The molecule has 0 bridgehead atoms. The Kier molecular flexibility index (Phi) is 4.03.